The molecule has 0 N–H and O–H groups in total. The number of halogens is 4. The summed E-state index contributed by atoms with van der Waals surface area (Å²) >= 11 is 7.40. The molecule has 0 amide bonds. The Bertz CT molecular complexity index is 429. The number of pyridine rings is 1. The van der Waals surface area contributed by atoms with Crippen LogP contribution in [0.1, 0.15) is 35.1 Å². The number of hydrogen-bond acceptors (Lipinski definition) is 3. The lowest BCUT2D eigenvalue weighted by molar-refractivity contribution is 0.0522. The van der Waals surface area contributed by atoms with Gasteiger partial charge in [-0.1, -0.05) is 0 Å². The number of esters is 1. The first-order chi connectivity index (χ1) is 8.01. The zero-order valence-electron chi connectivity index (χ0n) is 8.84. The van der Waals surface area contributed by atoms with Crippen molar-refractivity contribution in [3.63, 3.8) is 0 Å². The highest BCUT2D eigenvalue weighted by Crippen LogP contribution is 2.25. The van der Waals surface area contributed by atoms with E-state index in [0.717, 1.165) is 6.07 Å². The number of alkyl halides is 3. The van der Waals surface area contributed by atoms with Crippen LogP contribution in [0.15, 0.2) is 6.07 Å². The molecule has 0 radical (unpaired) electrons. The Labute approximate surface area is 116 Å². The summed E-state index contributed by atoms with van der Waals surface area (Å²) in [6.45, 7) is 1.86. The summed E-state index contributed by atoms with van der Waals surface area (Å²) in [7, 11) is 0. The Hall–Kier alpha value is -0.500. The highest BCUT2D eigenvalue weighted by Gasteiger charge is 2.21. The van der Waals surface area contributed by atoms with Crippen LogP contribution in [-0.4, -0.2) is 17.6 Å². The van der Waals surface area contributed by atoms with Crippen LogP contribution in [0.2, 0.25) is 0 Å². The zero-order chi connectivity index (χ0) is 13.0. The van der Waals surface area contributed by atoms with Gasteiger partial charge >= 0.3 is 5.97 Å². The zero-order valence-corrected chi connectivity index (χ0v) is 11.8. The maximum Gasteiger partial charge on any atom is 0.341 e. The number of rotatable bonds is 4. The molecule has 1 aromatic heterocycles. The van der Waals surface area contributed by atoms with E-state index in [9.17, 15) is 13.6 Å². The van der Waals surface area contributed by atoms with Crippen molar-refractivity contribution >= 4 is 40.2 Å². The van der Waals surface area contributed by atoms with Crippen LogP contribution >= 0.6 is 34.2 Å². The van der Waals surface area contributed by atoms with Gasteiger partial charge in [-0.3, -0.25) is 0 Å². The predicted molar refractivity (Wildman–Crippen MR) is 67.4 cm³/mol. The largest absolute Gasteiger partial charge is 0.462 e. The van der Waals surface area contributed by atoms with E-state index in [2.05, 4.69) is 4.98 Å². The van der Waals surface area contributed by atoms with Crippen LogP contribution in [-0.2, 0) is 10.6 Å². The van der Waals surface area contributed by atoms with Gasteiger partial charge in [-0.15, -0.1) is 11.6 Å². The van der Waals surface area contributed by atoms with Crippen molar-refractivity contribution in [3.05, 3.63) is 26.6 Å². The molecule has 0 bridgehead atoms. The Kier molecular flexibility index (Phi) is 5.51. The van der Waals surface area contributed by atoms with Crippen molar-refractivity contribution < 1.29 is 18.3 Å². The van der Waals surface area contributed by atoms with E-state index in [4.69, 9.17) is 16.3 Å². The Morgan fingerprint density at radius 2 is 2.29 bits per heavy atom. The van der Waals surface area contributed by atoms with Crippen molar-refractivity contribution in [3.8, 4) is 0 Å². The predicted octanol–water partition coefficient (Wildman–Crippen LogP) is 3.54. The van der Waals surface area contributed by atoms with Crippen LogP contribution in [0.4, 0.5) is 8.78 Å². The van der Waals surface area contributed by atoms with E-state index in [0.29, 0.717) is 3.57 Å². The van der Waals surface area contributed by atoms with E-state index in [1.54, 1.807) is 29.5 Å². The lowest BCUT2D eigenvalue weighted by Crippen LogP contribution is -2.12. The van der Waals surface area contributed by atoms with Crippen molar-refractivity contribution in [2.75, 3.05) is 6.61 Å². The van der Waals surface area contributed by atoms with Crippen LogP contribution in [0.3, 0.4) is 0 Å². The first-order valence-electron chi connectivity index (χ1n) is 4.71. The van der Waals surface area contributed by atoms with E-state index >= 15 is 0 Å². The molecule has 0 saturated carbocycles. The molecular formula is C10H9ClF2INO2. The highest BCUT2D eigenvalue weighted by atomic mass is 127. The van der Waals surface area contributed by atoms with Gasteiger partial charge in [-0.2, -0.15) is 0 Å². The van der Waals surface area contributed by atoms with Crippen molar-refractivity contribution in [2.24, 2.45) is 0 Å². The molecule has 0 atom stereocenters. The van der Waals surface area contributed by atoms with Gasteiger partial charge in [0.2, 0.25) is 0 Å². The summed E-state index contributed by atoms with van der Waals surface area (Å²) < 4.78 is 30.2. The number of carbonyl (C=O) groups excluding carboxylic acids is 1. The third-order valence-electron chi connectivity index (χ3n) is 1.90. The van der Waals surface area contributed by atoms with Crippen molar-refractivity contribution in [1.82, 2.24) is 4.98 Å². The fourth-order valence-electron chi connectivity index (χ4n) is 1.21. The number of hydrogen-bond donors (Lipinski definition) is 0. The monoisotopic (exact) mass is 375 g/mol. The summed E-state index contributed by atoms with van der Waals surface area (Å²) in [5.74, 6) is -0.717. The average Bonchev–Trinajstić information content (AvgIpc) is 2.27. The Morgan fingerprint density at radius 3 is 2.76 bits per heavy atom. The normalized spacial score (nSPS) is 10.7. The SMILES string of the molecule is CCOC(=O)c1c(I)cc(C(F)F)nc1CCl. The molecule has 0 spiro atoms. The fourth-order valence-corrected chi connectivity index (χ4v) is 2.25. The van der Waals surface area contributed by atoms with E-state index < -0.39 is 18.1 Å². The number of nitrogens with zero attached hydrogens (tertiary/aromatic N) is 1. The van der Waals surface area contributed by atoms with Crippen LogP contribution in [0, 0.1) is 3.57 Å². The van der Waals surface area contributed by atoms with Crippen LogP contribution in [0.5, 0.6) is 0 Å². The van der Waals surface area contributed by atoms with Gasteiger partial charge in [0.05, 0.1) is 23.7 Å². The van der Waals surface area contributed by atoms with Crippen LogP contribution in [0.25, 0.3) is 0 Å². The Balaban J connectivity index is 3.25. The molecule has 1 rings (SSSR count). The van der Waals surface area contributed by atoms with Crippen molar-refractivity contribution in [2.45, 2.75) is 19.2 Å². The molecule has 1 aromatic rings. The maximum atomic E-state index is 12.5. The summed E-state index contributed by atoms with van der Waals surface area (Å²) in [6.07, 6.45) is -2.69. The second-order valence-electron chi connectivity index (χ2n) is 3.01. The smallest absolute Gasteiger partial charge is 0.341 e. The van der Waals surface area contributed by atoms with Gasteiger partial charge in [0.25, 0.3) is 6.43 Å². The number of ether oxygens (including phenoxy) is 1. The molecule has 0 fully saturated rings. The Morgan fingerprint density at radius 1 is 1.65 bits per heavy atom. The molecule has 0 aliphatic carbocycles. The molecular weight excluding hydrogens is 366 g/mol. The minimum Gasteiger partial charge on any atom is -0.462 e. The topological polar surface area (TPSA) is 39.2 Å². The van der Waals surface area contributed by atoms with E-state index in [-0.39, 0.29) is 23.7 Å². The molecule has 0 unspecified atom stereocenters. The summed E-state index contributed by atoms with van der Waals surface area (Å²) in [4.78, 5) is 15.3. The molecule has 0 aliphatic heterocycles. The first-order valence-corrected chi connectivity index (χ1v) is 6.33. The highest BCUT2D eigenvalue weighted by molar-refractivity contribution is 14.1. The third-order valence-corrected chi connectivity index (χ3v) is 3.00. The minimum atomic E-state index is -2.69. The maximum absolute atomic E-state index is 12.5. The van der Waals surface area contributed by atoms with Crippen LogP contribution < -0.4 is 0 Å². The number of aromatic nitrogens is 1. The lowest BCUT2D eigenvalue weighted by Gasteiger charge is -2.10. The van der Waals surface area contributed by atoms with Gasteiger partial charge in [0.1, 0.15) is 5.69 Å². The third kappa shape index (κ3) is 3.48. The van der Waals surface area contributed by atoms with E-state index in [1.165, 1.54) is 0 Å². The molecule has 94 valence electrons. The molecule has 7 heteroatoms. The molecule has 0 aliphatic rings. The van der Waals surface area contributed by atoms with E-state index in [1.807, 2.05) is 0 Å². The summed E-state index contributed by atoms with van der Waals surface area (Å²) in [5, 5.41) is 0. The second-order valence-corrected chi connectivity index (χ2v) is 4.43. The minimum absolute atomic E-state index is 0.118. The van der Waals surface area contributed by atoms with Gasteiger partial charge in [0.15, 0.2) is 0 Å². The summed E-state index contributed by atoms with van der Waals surface area (Å²) in [6, 6.07) is 1.16. The first kappa shape index (κ1) is 14.6. The van der Waals surface area contributed by atoms with Crippen molar-refractivity contribution in [1.29, 1.82) is 0 Å². The van der Waals surface area contributed by atoms with Gasteiger partial charge in [-0.25, -0.2) is 18.6 Å². The fraction of sp³-hybridized carbons (Fsp3) is 0.400. The second kappa shape index (κ2) is 6.44. The average molecular weight is 376 g/mol. The molecule has 1 heterocycles. The van der Waals surface area contributed by atoms with Gasteiger partial charge in [0, 0.05) is 3.57 Å². The number of carbonyl (C=O) groups is 1. The van der Waals surface area contributed by atoms with Gasteiger partial charge < -0.3 is 4.74 Å². The van der Waals surface area contributed by atoms with Gasteiger partial charge in [-0.05, 0) is 35.6 Å². The summed E-state index contributed by atoms with van der Waals surface area (Å²) in [5.41, 5.74) is -0.114. The molecule has 0 aromatic carbocycles. The molecule has 0 saturated heterocycles. The quantitative estimate of drug-likeness (QED) is 0.459. The molecule has 17 heavy (non-hydrogen) atoms. The molecule has 3 nitrogen and oxygen atoms in total. The lowest BCUT2D eigenvalue weighted by atomic mass is 10.2. The standard InChI is InChI=1S/C10H9ClF2INO2/c1-2-17-10(16)8-5(14)3-6(9(12)13)15-7(8)4-11/h3,9H,2,4H2,1H3.